The molecule has 0 saturated heterocycles. The summed E-state index contributed by atoms with van der Waals surface area (Å²) in [5.41, 5.74) is 0.892. The molecule has 0 saturated carbocycles. The van der Waals surface area contributed by atoms with E-state index in [9.17, 15) is 4.79 Å². The first-order valence-corrected chi connectivity index (χ1v) is 6.23. The number of aliphatic carboxylic acids is 1. The zero-order chi connectivity index (χ0) is 13.7. The molecule has 6 nitrogen and oxygen atoms in total. The largest absolute Gasteiger partial charge is 0.480 e. The van der Waals surface area contributed by atoms with Crippen LogP contribution in [-0.2, 0) is 4.79 Å². The van der Waals surface area contributed by atoms with Crippen molar-refractivity contribution >= 4 is 39.2 Å². The van der Waals surface area contributed by atoms with Gasteiger partial charge < -0.3 is 15.7 Å². The van der Waals surface area contributed by atoms with Crippen molar-refractivity contribution in [3.63, 3.8) is 0 Å². The summed E-state index contributed by atoms with van der Waals surface area (Å²) >= 11 is 3.36. The number of rotatable bonds is 5. The lowest BCUT2D eigenvalue weighted by Gasteiger charge is -2.06. The molecule has 0 spiro atoms. The van der Waals surface area contributed by atoms with Crippen molar-refractivity contribution in [2.75, 3.05) is 17.2 Å². The second-order valence-electron chi connectivity index (χ2n) is 3.67. The molecule has 0 atom stereocenters. The van der Waals surface area contributed by atoms with Gasteiger partial charge in [-0.15, -0.1) is 0 Å². The Morgan fingerprint density at radius 1 is 1.16 bits per heavy atom. The van der Waals surface area contributed by atoms with Crippen LogP contribution in [0, 0.1) is 0 Å². The van der Waals surface area contributed by atoms with Gasteiger partial charge in [0.05, 0.1) is 12.4 Å². The lowest BCUT2D eigenvalue weighted by molar-refractivity contribution is -0.134. The highest BCUT2D eigenvalue weighted by molar-refractivity contribution is 9.10. The van der Waals surface area contributed by atoms with Gasteiger partial charge in [0.1, 0.15) is 18.2 Å². The van der Waals surface area contributed by atoms with Gasteiger partial charge in [0.25, 0.3) is 0 Å². The molecule has 19 heavy (non-hydrogen) atoms. The maximum Gasteiger partial charge on any atom is 0.322 e. The van der Waals surface area contributed by atoms with Gasteiger partial charge in [-0.3, -0.25) is 4.79 Å². The third-order valence-corrected chi connectivity index (χ3v) is 2.72. The van der Waals surface area contributed by atoms with Crippen LogP contribution < -0.4 is 10.6 Å². The fourth-order valence-electron chi connectivity index (χ4n) is 1.33. The molecule has 0 amide bonds. The summed E-state index contributed by atoms with van der Waals surface area (Å²) in [6.07, 6.45) is 3.01. The van der Waals surface area contributed by atoms with Crippen molar-refractivity contribution in [1.82, 2.24) is 9.97 Å². The van der Waals surface area contributed by atoms with E-state index in [1.165, 1.54) is 12.4 Å². The Labute approximate surface area is 118 Å². The Hall–Kier alpha value is -2.15. The summed E-state index contributed by atoms with van der Waals surface area (Å²) in [4.78, 5) is 18.6. The van der Waals surface area contributed by atoms with Gasteiger partial charge in [0.2, 0.25) is 0 Å². The SMILES string of the molecule is O=C(O)CNc1cnc(Nc2ccc(Br)cc2)cn1. The van der Waals surface area contributed by atoms with E-state index in [1.807, 2.05) is 24.3 Å². The molecule has 2 rings (SSSR count). The smallest absolute Gasteiger partial charge is 0.322 e. The number of carboxylic acid groups (broad SMARTS) is 1. The van der Waals surface area contributed by atoms with E-state index in [0.29, 0.717) is 11.6 Å². The molecule has 0 radical (unpaired) electrons. The number of anilines is 3. The van der Waals surface area contributed by atoms with Gasteiger partial charge in [0, 0.05) is 10.2 Å². The van der Waals surface area contributed by atoms with Crippen LogP contribution in [0.25, 0.3) is 0 Å². The highest BCUT2D eigenvalue weighted by Crippen LogP contribution is 2.17. The third kappa shape index (κ3) is 4.22. The number of hydrogen-bond acceptors (Lipinski definition) is 5. The number of carboxylic acids is 1. The van der Waals surface area contributed by atoms with Gasteiger partial charge in [-0.05, 0) is 24.3 Å². The van der Waals surface area contributed by atoms with Crippen molar-refractivity contribution < 1.29 is 9.90 Å². The summed E-state index contributed by atoms with van der Waals surface area (Å²) in [5, 5.41) is 14.2. The second-order valence-corrected chi connectivity index (χ2v) is 4.58. The molecular formula is C12H11BrN4O2. The number of aromatic nitrogens is 2. The average molecular weight is 323 g/mol. The number of hydrogen-bond donors (Lipinski definition) is 3. The van der Waals surface area contributed by atoms with Gasteiger partial charge in [-0.1, -0.05) is 15.9 Å². The van der Waals surface area contributed by atoms with E-state index < -0.39 is 5.97 Å². The van der Waals surface area contributed by atoms with E-state index in [0.717, 1.165) is 10.2 Å². The number of carbonyl (C=O) groups is 1. The lowest BCUT2D eigenvalue weighted by atomic mass is 10.3. The van der Waals surface area contributed by atoms with E-state index in [2.05, 4.69) is 36.5 Å². The van der Waals surface area contributed by atoms with E-state index >= 15 is 0 Å². The van der Waals surface area contributed by atoms with E-state index in [1.54, 1.807) is 0 Å². The highest BCUT2D eigenvalue weighted by Gasteiger charge is 2.00. The van der Waals surface area contributed by atoms with Crippen LogP contribution in [0.15, 0.2) is 41.1 Å². The minimum absolute atomic E-state index is 0.186. The number of nitrogens with zero attached hydrogens (tertiary/aromatic N) is 2. The highest BCUT2D eigenvalue weighted by atomic mass is 79.9. The number of halogens is 1. The maximum atomic E-state index is 10.4. The zero-order valence-electron chi connectivity index (χ0n) is 9.80. The lowest BCUT2D eigenvalue weighted by Crippen LogP contribution is -2.13. The average Bonchev–Trinajstić information content (AvgIpc) is 2.40. The first kappa shape index (κ1) is 13.3. The Morgan fingerprint density at radius 2 is 1.79 bits per heavy atom. The Balaban J connectivity index is 1.98. The summed E-state index contributed by atoms with van der Waals surface area (Å²) in [6.45, 7) is -0.186. The molecule has 1 aromatic carbocycles. The molecule has 3 N–H and O–H groups in total. The number of nitrogens with one attached hydrogen (secondary N) is 2. The molecule has 1 aromatic heterocycles. The third-order valence-electron chi connectivity index (χ3n) is 2.19. The first-order valence-electron chi connectivity index (χ1n) is 5.44. The Morgan fingerprint density at radius 3 is 2.37 bits per heavy atom. The minimum atomic E-state index is -0.945. The fraction of sp³-hybridized carbons (Fsp3) is 0.0833. The normalized spacial score (nSPS) is 9.95. The molecule has 2 aromatic rings. The molecule has 98 valence electrons. The van der Waals surface area contributed by atoms with Crippen LogP contribution in [0.4, 0.5) is 17.3 Å². The molecule has 0 bridgehead atoms. The summed E-state index contributed by atoms with van der Waals surface area (Å²) < 4.78 is 0.998. The monoisotopic (exact) mass is 322 g/mol. The van der Waals surface area contributed by atoms with Crippen LogP contribution in [0.3, 0.4) is 0 Å². The molecule has 0 unspecified atom stereocenters. The van der Waals surface area contributed by atoms with Gasteiger partial charge in [-0.2, -0.15) is 0 Å². The minimum Gasteiger partial charge on any atom is -0.480 e. The maximum absolute atomic E-state index is 10.4. The standard InChI is InChI=1S/C12H11BrN4O2/c13-8-1-3-9(4-2-8)17-11-6-14-10(5-15-11)16-7-12(18)19/h1-6H,7H2,(H,14,16)(H,15,17)(H,18,19). The van der Waals surface area contributed by atoms with Gasteiger partial charge in [-0.25, -0.2) is 9.97 Å². The van der Waals surface area contributed by atoms with Crippen LogP contribution in [0.5, 0.6) is 0 Å². The van der Waals surface area contributed by atoms with Crippen molar-refractivity contribution in [3.8, 4) is 0 Å². The molecule has 0 fully saturated rings. The molecule has 7 heteroatoms. The molecular weight excluding hydrogens is 312 g/mol. The fourth-order valence-corrected chi connectivity index (χ4v) is 1.60. The van der Waals surface area contributed by atoms with Crippen LogP contribution in [0.1, 0.15) is 0 Å². The van der Waals surface area contributed by atoms with Crippen molar-refractivity contribution in [3.05, 3.63) is 41.1 Å². The Kier molecular flexibility index (Phi) is 4.30. The van der Waals surface area contributed by atoms with E-state index in [4.69, 9.17) is 5.11 Å². The summed E-state index contributed by atoms with van der Waals surface area (Å²) in [5.74, 6) is 0.0609. The molecule has 0 aliphatic carbocycles. The predicted octanol–water partition coefficient (Wildman–Crippen LogP) is 2.48. The Bertz CT molecular complexity index is 557. The molecule has 0 aliphatic heterocycles. The van der Waals surface area contributed by atoms with Gasteiger partial charge in [0.15, 0.2) is 0 Å². The topological polar surface area (TPSA) is 87.1 Å². The van der Waals surface area contributed by atoms with Gasteiger partial charge >= 0.3 is 5.97 Å². The predicted molar refractivity (Wildman–Crippen MR) is 75.6 cm³/mol. The number of benzene rings is 1. The second kappa shape index (κ2) is 6.14. The van der Waals surface area contributed by atoms with Crippen LogP contribution in [-0.4, -0.2) is 27.6 Å². The first-order chi connectivity index (χ1) is 9.13. The molecule has 0 aliphatic rings. The van der Waals surface area contributed by atoms with Crippen molar-refractivity contribution in [1.29, 1.82) is 0 Å². The summed E-state index contributed by atoms with van der Waals surface area (Å²) in [6, 6.07) is 7.64. The van der Waals surface area contributed by atoms with E-state index in [-0.39, 0.29) is 6.54 Å². The van der Waals surface area contributed by atoms with Crippen molar-refractivity contribution in [2.24, 2.45) is 0 Å². The zero-order valence-corrected chi connectivity index (χ0v) is 11.4. The molecule has 1 heterocycles. The summed E-state index contributed by atoms with van der Waals surface area (Å²) in [7, 11) is 0. The van der Waals surface area contributed by atoms with Crippen LogP contribution in [0.2, 0.25) is 0 Å². The van der Waals surface area contributed by atoms with Crippen molar-refractivity contribution in [2.45, 2.75) is 0 Å². The van der Waals surface area contributed by atoms with Crippen LogP contribution >= 0.6 is 15.9 Å². The quantitative estimate of drug-likeness (QED) is 0.784.